The van der Waals surface area contributed by atoms with Crippen molar-refractivity contribution in [3.63, 3.8) is 0 Å². The number of aromatic nitrogens is 1. The Morgan fingerprint density at radius 2 is 2.09 bits per heavy atom. The lowest BCUT2D eigenvalue weighted by molar-refractivity contribution is -0.116. The zero-order valence-electron chi connectivity index (χ0n) is 18.3. The Hall–Kier alpha value is -3.74. The molecule has 2 aromatic carbocycles. The van der Waals surface area contributed by atoms with Crippen LogP contribution in [0, 0.1) is 0 Å². The number of methoxy groups -OCH3 is 1. The fourth-order valence-electron chi connectivity index (χ4n) is 3.60. The van der Waals surface area contributed by atoms with Crippen molar-refractivity contribution in [3.05, 3.63) is 60.3 Å². The maximum atomic E-state index is 12.1. The molecule has 2 heterocycles. The maximum absolute atomic E-state index is 12.1. The monoisotopic (exact) mass is 433 g/mol. The number of rotatable bonds is 9. The van der Waals surface area contributed by atoms with Gasteiger partial charge in [0.15, 0.2) is 11.5 Å². The van der Waals surface area contributed by atoms with Gasteiger partial charge in [0.1, 0.15) is 5.75 Å². The highest BCUT2D eigenvalue weighted by atomic mass is 16.7. The van der Waals surface area contributed by atoms with Gasteiger partial charge < -0.3 is 24.8 Å². The number of carbonyl (C=O) groups is 1. The molecule has 1 unspecified atom stereocenters. The normalized spacial score (nSPS) is 13.3. The number of fused-ring (bicyclic) bond motifs is 2. The van der Waals surface area contributed by atoms with E-state index >= 15 is 0 Å². The van der Waals surface area contributed by atoms with Crippen molar-refractivity contribution in [1.29, 1.82) is 0 Å². The molecule has 0 bridgehead atoms. The molecule has 0 radical (unpaired) electrons. The van der Waals surface area contributed by atoms with Crippen molar-refractivity contribution in [2.45, 2.75) is 25.8 Å². The molecule has 7 heteroatoms. The summed E-state index contributed by atoms with van der Waals surface area (Å²) >= 11 is 0. The summed E-state index contributed by atoms with van der Waals surface area (Å²) in [6.07, 6.45) is 6.84. The highest BCUT2D eigenvalue weighted by molar-refractivity contribution is 5.92. The minimum Gasteiger partial charge on any atom is -0.497 e. The van der Waals surface area contributed by atoms with Gasteiger partial charge in [0.05, 0.1) is 18.3 Å². The average molecular weight is 434 g/mol. The number of benzene rings is 2. The molecule has 0 spiro atoms. The van der Waals surface area contributed by atoms with Gasteiger partial charge in [0, 0.05) is 36.3 Å². The second-order valence-corrected chi connectivity index (χ2v) is 7.67. The molecule has 1 aromatic heterocycles. The lowest BCUT2D eigenvalue weighted by Crippen LogP contribution is -2.24. The van der Waals surface area contributed by atoms with Gasteiger partial charge in [-0.25, -0.2) is 0 Å². The van der Waals surface area contributed by atoms with E-state index in [0.29, 0.717) is 12.3 Å². The molecule has 0 saturated heterocycles. The van der Waals surface area contributed by atoms with Crippen LogP contribution in [0.1, 0.15) is 25.3 Å². The smallest absolute Gasteiger partial charge is 0.243 e. The predicted molar refractivity (Wildman–Crippen MR) is 125 cm³/mol. The minimum atomic E-state index is -0.119. The fourth-order valence-corrected chi connectivity index (χ4v) is 3.60. The first-order chi connectivity index (χ1) is 15.6. The number of hydrogen-bond donors (Lipinski definition) is 2. The van der Waals surface area contributed by atoms with E-state index in [1.165, 1.54) is 6.08 Å². The van der Waals surface area contributed by atoms with E-state index in [1.54, 1.807) is 19.4 Å². The predicted octanol–water partition coefficient (Wildman–Crippen LogP) is 4.38. The molecule has 7 nitrogen and oxygen atoms in total. The molecular weight excluding hydrogens is 406 g/mol. The van der Waals surface area contributed by atoms with E-state index in [-0.39, 0.29) is 18.7 Å². The molecule has 1 amide bonds. The van der Waals surface area contributed by atoms with Crippen molar-refractivity contribution < 1.29 is 19.0 Å². The van der Waals surface area contributed by atoms with Gasteiger partial charge in [0.25, 0.3) is 0 Å². The minimum absolute atomic E-state index is 0.119. The molecule has 1 atom stereocenters. The van der Waals surface area contributed by atoms with Crippen LogP contribution < -0.4 is 24.8 Å². The van der Waals surface area contributed by atoms with E-state index in [9.17, 15) is 4.79 Å². The maximum Gasteiger partial charge on any atom is 0.243 e. The van der Waals surface area contributed by atoms with E-state index in [0.717, 1.165) is 46.5 Å². The summed E-state index contributed by atoms with van der Waals surface area (Å²) in [6, 6.07) is 13.7. The van der Waals surface area contributed by atoms with Gasteiger partial charge >= 0.3 is 0 Å². The summed E-state index contributed by atoms with van der Waals surface area (Å²) < 4.78 is 16.1. The summed E-state index contributed by atoms with van der Waals surface area (Å²) in [6.45, 7) is 2.96. The molecule has 32 heavy (non-hydrogen) atoms. The third-order valence-electron chi connectivity index (χ3n) is 5.25. The number of ether oxygens (including phenoxy) is 3. The second kappa shape index (κ2) is 10.0. The molecule has 0 aliphatic carbocycles. The van der Waals surface area contributed by atoms with E-state index < -0.39 is 0 Å². The van der Waals surface area contributed by atoms with Gasteiger partial charge in [-0.05, 0) is 55.7 Å². The number of anilines is 1. The number of carbonyl (C=O) groups excluding carboxylic acids is 1. The number of amides is 1. The second-order valence-electron chi connectivity index (χ2n) is 7.67. The molecular formula is C25H27N3O4. The molecule has 1 aliphatic rings. The number of nitrogens with zero attached hydrogens (tertiary/aromatic N) is 1. The Bertz CT molecular complexity index is 1130. The van der Waals surface area contributed by atoms with Crippen LogP contribution in [0.3, 0.4) is 0 Å². The Balaban J connectivity index is 1.23. The lowest BCUT2D eigenvalue weighted by atomic mass is 10.1. The van der Waals surface area contributed by atoms with Crippen molar-refractivity contribution in [3.8, 4) is 17.2 Å². The number of hydrogen-bond acceptors (Lipinski definition) is 6. The Kier molecular flexibility index (Phi) is 6.75. The number of pyridine rings is 1. The zero-order chi connectivity index (χ0) is 22.3. The van der Waals surface area contributed by atoms with Gasteiger partial charge in [-0.3, -0.25) is 9.78 Å². The molecule has 4 rings (SSSR count). The van der Waals surface area contributed by atoms with Gasteiger partial charge in [0.2, 0.25) is 12.7 Å². The van der Waals surface area contributed by atoms with Crippen molar-refractivity contribution in [2.24, 2.45) is 0 Å². The van der Waals surface area contributed by atoms with Crippen LogP contribution in [0.4, 0.5) is 5.69 Å². The van der Waals surface area contributed by atoms with E-state index in [1.807, 2.05) is 42.5 Å². The molecule has 1 aliphatic heterocycles. The summed E-state index contributed by atoms with van der Waals surface area (Å²) in [7, 11) is 1.66. The highest BCUT2D eigenvalue weighted by Crippen LogP contribution is 2.32. The topological polar surface area (TPSA) is 81.7 Å². The van der Waals surface area contributed by atoms with Crippen molar-refractivity contribution in [1.82, 2.24) is 10.3 Å². The summed E-state index contributed by atoms with van der Waals surface area (Å²) in [4.78, 5) is 16.6. The summed E-state index contributed by atoms with van der Waals surface area (Å²) in [5.74, 6) is 2.10. The fraction of sp³-hybridized carbons (Fsp3) is 0.280. The molecule has 0 saturated carbocycles. The van der Waals surface area contributed by atoms with Gasteiger partial charge in [-0.15, -0.1) is 0 Å². The van der Waals surface area contributed by atoms with Crippen LogP contribution in [-0.4, -0.2) is 37.4 Å². The Morgan fingerprint density at radius 1 is 1.22 bits per heavy atom. The first-order valence-corrected chi connectivity index (χ1v) is 10.7. The standard InChI is InChI=1S/C25H27N3O4/c1-17(28-21-15-20(30-2)14-19-6-4-12-27-25(19)21)5-3-11-26-24(29)10-8-18-7-9-22-23(13-18)32-16-31-22/h4,6-10,12-15,17,28H,3,5,11,16H2,1-2H3,(H,26,29)/b10-8+. The third kappa shape index (κ3) is 5.29. The van der Waals surface area contributed by atoms with E-state index in [2.05, 4.69) is 22.5 Å². The van der Waals surface area contributed by atoms with Crippen LogP contribution in [0.2, 0.25) is 0 Å². The molecule has 2 N–H and O–H groups in total. The Morgan fingerprint density at radius 3 is 2.97 bits per heavy atom. The lowest BCUT2D eigenvalue weighted by Gasteiger charge is -2.17. The first-order valence-electron chi connectivity index (χ1n) is 10.7. The van der Waals surface area contributed by atoms with Crippen LogP contribution in [0.15, 0.2) is 54.7 Å². The van der Waals surface area contributed by atoms with Crippen LogP contribution in [0.25, 0.3) is 17.0 Å². The highest BCUT2D eigenvalue weighted by Gasteiger charge is 2.12. The van der Waals surface area contributed by atoms with Crippen LogP contribution in [0.5, 0.6) is 17.2 Å². The summed E-state index contributed by atoms with van der Waals surface area (Å²) in [5, 5.41) is 7.48. The molecule has 166 valence electrons. The quantitative estimate of drug-likeness (QED) is 0.385. The van der Waals surface area contributed by atoms with Crippen molar-refractivity contribution in [2.75, 3.05) is 25.8 Å². The third-order valence-corrected chi connectivity index (χ3v) is 5.25. The number of nitrogens with one attached hydrogen (secondary N) is 2. The molecule has 0 fully saturated rings. The Labute approximate surface area is 187 Å². The van der Waals surface area contributed by atoms with E-state index in [4.69, 9.17) is 14.2 Å². The largest absolute Gasteiger partial charge is 0.497 e. The van der Waals surface area contributed by atoms with Crippen LogP contribution >= 0.6 is 0 Å². The van der Waals surface area contributed by atoms with Gasteiger partial charge in [-0.1, -0.05) is 12.1 Å². The van der Waals surface area contributed by atoms with Gasteiger partial charge in [-0.2, -0.15) is 0 Å². The zero-order valence-corrected chi connectivity index (χ0v) is 18.3. The summed E-state index contributed by atoms with van der Waals surface area (Å²) in [5.41, 5.74) is 2.76. The first kappa shape index (κ1) is 21.5. The average Bonchev–Trinajstić information content (AvgIpc) is 3.28. The van der Waals surface area contributed by atoms with Crippen molar-refractivity contribution >= 4 is 28.6 Å². The molecule has 3 aromatic rings. The van der Waals surface area contributed by atoms with Crippen LogP contribution in [-0.2, 0) is 4.79 Å². The SMILES string of the molecule is COc1cc(NC(C)CCCNC(=O)/C=C/c2ccc3c(c2)OCO3)c2ncccc2c1.